The first kappa shape index (κ1) is 16.9. The van der Waals surface area contributed by atoms with Crippen molar-refractivity contribution in [2.75, 3.05) is 0 Å². The zero-order valence-electron chi connectivity index (χ0n) is 15.5. The predicted octanol–water partition coefficient (Wildman–Crippen LogP) is 3.24. The molecular formula is C20H26O5. The van der Waals surface area contributed by atoms with E-state index in [1.54, 1.807) is 19.3 Å². The number of fused-ring (bicyclic) bond motifs is 1. The van der Waals surface area contributed by atoms with E-state index in [0.29, 0.717) is 18.4 Å². The highest BCUT2D eigenvalue weighted by molar-refractivity contribution is 5.88. The fraction of sp³-hybridized carbons (Fsp3) is 0.650. The van der Waals surface area contributed by atoms with Crippen LogP contribution in [0.1, 0.15) is 57.1 Å². The summed E-state index contributed by atoms with van der Waals surface area (Å²) in [5.74, 6) is 0.455. The van der Waals surface area contributed by atoms with Gasteiger partial charge < -0.3 is 19.0 Å². The molecule has 0 amide bonds. The van der Waals surface area contributed by atoms with Crippen LogP contribution in [0.15, 0.2) is 22.3 Å². The molecule has 1 aliphatic heterocycles. The Kier molecular flexibility index (Phi) is 3.51. The van der Waals surface area contributed by atoms with Crippen LogP contribution in [0.2, 0.25) is 0 Å². The van der Waals surface area contributed by atoms with E-state index in [-0.39, 0.29) is 18.0 Å². The fourth-order valence-electron chi connectivity index (χ4n) is 4.98. The first-order chi connectivity index (χ1) is 11.8. The Bertz CT molecular complexity index is 762. The van der Waals surface area contributed by atoms with E-state index in [9.17, 15) is 9.90 Å². The number of rotatable bonds is 2. The summed E-state index contributed by atoms with van der Waals surface area (Å²) in [6.45, 7) is 9.68. The standard InChI is InChI=1S/C20H26O5/c1-6-10(2)18(22)24-17-16-11(3)9-23-14(16)8-20-15(25-20)7-13(21)12(4)19(17,20)5/h6,9,12-13,15,17,21H,7-8H2,1-5H3/t12-,13-,15+,17+,19-,20+/m0/s1. The van der Waals surface area contributed by atoms with Gasteiger partial charge in [0.25, 0.3) is 0 Å². The molecule has 2 aliphatic carbocycles. The van der Waals surface area contributed by atoms with Gasteiger partial charge in [-0.1, -0.05) is 19.9 Å². The van der Waals surface area contributed by atoms with Gasteiger partial charge in [-0.15, -0.1) is 0 Å². The number of allylic oxidation sites excluding steroid dienone is 1. The van der Waals surface area contributed by atoms with E-state index in [0.717, 1.165) is 16.9 Å². The van der Waals surface area contributed by atoms with Gasteiger partial charge in [-0.05, 0) is 32.3 Å². The van der Waals surface area contributed by atoms with Gasteiger partial charge in [-0.2, -0.15) is 0 Å². The molecule has 2 heterocycles. The summed E-state index contributed by atoms with van der Waals surface area (Å²) >= 11 is 0. The van der Waals surface area contributed by atoms with E-state index >= 15 is 0 Å². The van der Waals surface area contributed by atoms with Gasteiger partial charge in [0, 0.05) is 29.4 Å². The summed E-state index contributed by atoms with van der Waals surface area (Å²) in [6.07, 6.45) is 3.80. The van der Waals surface area contributed by atoms with Gasteiger partial charge in [-0.3, -0.25) is 0 Å². The lowest BCUT2D eigenvalue weighted by atomic mass is 9.53. The van der Waals surface area contributed by atoms with Gasteiger partial charge in [0.15, 0.2) is 0 Å². The number of hydrogen-bond acceptors (Lipinski definition) is 5. The number of aliphatic hydroxyl groups excluding tert-OH is 1. The second kappa shape index (κ2) is 5.21. The minimum Gasteiger partial charge on any atom is -0.469 e. The quantitative estimate of drug-likeness (QED) is 0.506. The first-order valence-electron chi connectivity index (χ1n) is 9.03. The molecule has 1 aromatic heterocycles. The summed E-state index contributed by atoms with van der Waals surface area (Å²) in [6, 6.07) is 0. The third-order valence-electron chi connectivity index (χ3n) is 7.02. The first-order valence-corrected chi connectivity index (χ1v) is 9.03. The molecule has 1 aromatic rings. The maximum absolute atomic E-state index is 12.6. The predicted molar refractivity (Wildman–Crippen MR) is 90.9 cm³/mol. The number of ether oxygens (including phenoxy) is 2. The van der Waals surface area contributed by atoms with Crippen molar-refractivity contribution < 1.29 is 23.8 Å². The second-order valence-corrected chi connectivity index (χ2v) is 8.06. The topological polar surface area (TPSA) is 72.2 Å². The number of carbonyl (C=O) groups is 1. The Balaban J connectivity index is 1.85. The van der Waals surface area contributed by atoms with Gasteiger partial charge in [0.1, 0.15) is 17.5 Å². The van der Waals surface area contributed by atoms with E-state index in [1.165, 1.54) is 0 Å². The molecule has 0 unspecified atom stereocenters. The van der Waals surface area contributed by atoms with E-state index in [2.05, 4.69) is 6.92 Å². The van der Waals surface area contributed by atoms with Crippen molar-refractivity contribution in [1.82, 2.24) is 0 Å². The molecule has 1 saturated heterocycles. The normalized spacial score (nSPS) is 42.2. The Morgan fingerprint density at radius 2 is 2.20 bits per heavy atom. The summed E-state index contributed by atoms with van der Waals surface area (Å²) in [4.78, 5) is 12.6. The number of aryl methyl sites for hydroxylation is 1. The summed E-state index contributed by atoms with van der Waals surface area (Å²) in [5, 5.41) is 10.6. The second-order valence-electron chi connectivity index (χ2n) is 8.06. The van der Waals surface area contributed by atoms with Crippen molar-refractivity contribution in [1.29, 1.82) is 0 Å². The van der Waals surface area contributed by atoms with Crippen LogP contribution in [0.4, 0.5) is 0 Å². The van der Waals surface area contributed by atoms with E-state index in [4.69, 9.17) is 13.9 Å². The number of aliphatic hydroxyl groups is 1. The minimum absolute atomic E-state index is 0.00808. The molecule has 0 radical (unpaired) electrons. The highest BCUT2D eigenvalue weighted by Crippen LogP contribution is 2.69. The van der Waals surface area contributed by atoms with Gasteiger partial charge in [0.05, 0.1) is 18.5 Å². The molecule has 1 spiro atoms. The maximum atomic E-state index is 12.6. The van der Waals surface area contributed by atoms with E-state index < -0.39 is 23.2 Å². The lowest BCUT2D eigenvalue weighted by molar-refractivity contribution is -0.171. The Labute approximate surface area is 148 Å². The van der Waals surface area contributed by atoms with Gasteiger partial charge in [-0.25, -0.2) is 4.79 Å². The minimum atomic E-state index is -0.499. The summed E-state index contributed by atoms with van der Waals surface area (Å²) < 4.78 is 18.0. The zero-order valence-corrected chi connectivity index (χ0v) is 15.5. The highest BCUT2D eigenvalue weighted by atomic mass is 16.6. The number of furan rings is 1. The molecule has 1 saturated carbocycles. The van der Waals surface area contributed by atoms with Crippen molar-refractivity contribution in [3.05, 3.63) is 34.8 Å². The number of epoxide rings is 1. The third-order valence-corrected chi connectivity index (χ3v) is 7.02. The highest BCUT2D eigenvalue weighted by Gasteiger charge is 2.77. The lowest BCUT2D eigenvalue weighted by Crippen LogP contribution is -2.58. The van der Waals surface area contributed by atoms with Crippen LogP contribution in [0.5, 0.6) is 0 Å². The van der Waals surface area contributed by atoms with Crippen LogP contribution in [0.25, 0.3) is 0 Å². The van der Waals surface area contributed by atoms with Crippen LogP contribution in [-0.4, -0.2) is 28.9 Å². The van der Waals surface area contributed by atoms with Crippen LogP contribution < -0.4 is 0 Å². The SMILES string of the molecule is CC=C(C)C(=O)O[C@@H]1c2c(C)coc2C[C@@]23O[C@@H]2C[C@H](O)[C@H](C)[C@@]13C. The fourth-order valence-corrected chi connectivity index (χ4v) is 4.98. The molecule has 3 aliphatic rings. The monoisotopic (exact) mass is 346 g/mol. The lowest BCUT2D eigenvalue weighted by Gasteiger charge is -2.52. The Morgan fingerprint density at radius 1 is 1.48 bits per heavy atom. The van der Waals surface area contributed by atoms with Crippen molar-refractivity contribution in [3.63, 3.8) is 0 Å². The molecule has 2 fully saturated rings. The largest absolute Gasteiger partial charge is 0.469 e. The molecule has 4 rings (SSSR count). The molecule has 6 atom stereocenters. The zero-order chi connectivity index (χ0) is 18.1. The third kappa shape index (κ3) is 1.99. The van der Waals surface area contributed by atoms with Gasteiger partial charge in [0.2, 0.25) is 0 Å². The molecule has 25 heavy (non-hydrogen) atoms. The van der Waals surface area contributed by atoms with Crippen molar-refractivity contribution in [3.8, 4) is 0 Å². The van der Waals surface area contributed by atoms with Crippen molar-refractivity contribution >= 4 is 5.97 Å². The molecule has 5 nitrogen and oxygen atoms in total. The van der Waals surface area contributed by atoms with E-state index in [1.807, 2.05) is 20.8 Å². The summed E-state index contributed by atoms with van der Waals surface area (Å²) in [5.41, 5.74) is 1.58. The van der Waals surface area contributed by atoms with Crippen LogP contribution in [0, 0.1) is 18.3 Å². The van der Waals surface area contributed by atoms with Crippen LogP contribution in [-0.2, 0) is 20.7 Å². The Morgan fingerprint density at radius 3 is 2.88 bits per heavy atom. The summed E-state index contributed by atoms with van der Waals surface area (Å²) in [7, 11) is 0. The molecule has 0 aromatic carbocycles. The smallest absolute Gasteiger partial charge is 0.334 e. The number of esters is 1. The van der Waals surface area contributed by atoms with Gasteiger partial charge >= 0.3 is 5.97 Å². The number of carbonyl (C=O) groups excluding carboxylic acids is 1. The molecule has 5 heteroatoms. The molecule has 0 bridgehead atoms. The van der Waals surface area contributed by atoms with Crippen molar-refractivity contribution in [2.24, 2.45) is 11.3 Å². The molecule has 1 N–H and O–H groups in total. The average Bonchev–Trinajstić information content (AvgIpc) is 3.16. The maximum Gasteiger partial charge on any atom is 0.334 e. The molecule has 136 valence electrons. The molecular weight excluding hydrogens is 320 g/mol. The number of hydrogen-bond donors (Lipinski definition) is 1. The van der Waals surface area contributed by atoms with Crippen LogP contribution >= 0.6 is 0 Å². The van der Waals surface area contributed by atoms with Crippen molar-refractivity contribution in [2.45, 2.75) is 71.4 Å². The van der Waals surface area contributed by atoms with Crippen LogP contribution in [0.3, 0.4) is 0 Å². The average molecular weight is 346 g/mol. The Hall–Kier alpha value is -1.59.